The first-order chi connectivity index (χ1) is 12.2. The van der Waals surface area contributed by atoms with E-state index in [2.05, 4.69) is 5.32 Å². The molecule has 2 aromatic carbocycles. The number of carbonyl (C=O) groups is 2. The van der Waals surface area contributed by atoms with Crippen LogP contribution in [-0.2, 0) is 10.2 Å². The van der Waals surface area contributed by atoms with Gasteiger partial charge in [0.2, 0.25) is 5.91 Å². The Morgan fingerprint density at radius 1 is 1.04 bits per heavy atom. The van der Waals surface area contributed by atoms with Crippen LogP contribution in [0.4, 0.5) is 5.69 Å². The van der Waals surface area contributed by atoms with Crippen LogP contribution >= 0.6 is 11.6 Å². The highest BCUT2D eigenvalue weighted by molar-refractivity contribution is 6.32. The summed E-state index contributed by atoms with van der Waals surface area (Å²) in [6.45, 7) is 3.35. The zero-order chi connectivity index (χ0) is 19.5. The number of hydrogen-bond donors (Lipinski definition) is 2. The van der Waals surface area contributed by atoms with Gasteiger partial charge in [0.05, 0.1) is 19.6 Å². The normalized spacial score (nSPS) is 11.0. The molecule has 0 aliphatic rings. The highest BCUT2D eigenvalue weighted by Gasteiger charge is 2.30. The number of benzene rings is 2. The van der Waals surface area contributed by atoms with Crippen molar-refractivity contribution in [2.75, 3.05) is 19.5 Å². The van der Waals surface area contributed by atoms with E-state index in [4.69, 9.17) is 26.8 Å². The standard InChI is InChI=1S/C19H21ClN2O4/c1-19(2,18(21)24)13-10-12(6-7-14(13)20)22-17(23)11-5-8-15(25-3)16(9-11)26-4/h5-10H,1-4H3,(H2,21,24)(H,22,23). The van der Waals surface area contributed by atoms with Crippen molar-refractivity contribution in [3.63, 3.8) is 0 Å². The highest BCUT2D eigenvalue weighted by Crippen LogP contribution is 2.32. The average molecular weight is 377 g/mol. The zero-order valence-electron chi connectivity index (χ0n) is 15.1. The Hall–Kier alpha value is -2.73. The first-order valence-electron chi connectivity index (χ1n) is 7.84. The predicted molar refractivity (Wildman–Crippen MR) is 101 cm³/mol. The van der Waals surface area contributed by atoms with Crippen molar-refractivity contribution in [2.45, 2.75) is 19.3 Å². The molecule has 0 heterocycles. The molecular weight excluding hydrogens is 356 g/mol. The van der Waals surface area contributed by atoms with E-state index in [0.29, 0.717) is 33.3 Å². The van der Waals surface area contributed by atoms with E-state index in [9.17, 15) is 9.59 Å². The predicted octanol–water partition coefficient (Wildman–Crippen LogP) is 3.37. The number of carbonyl (C=O) groups excluding carboxylic acids is 2. The molecule has 0 unspecified atom stereocenters. The van der Waals surface area contributed by atoms with Crippen molar-refractivity contribution in [1.29, 1.82) is 0 Å². The summed E-state index contributed by atoms with van der Waals surface area (Å²) in [5.41, 5.74) is 5.92. The van der Waals surface area contributed by atoms with Crippen LogP contribution in [0.2, 0.25) is 5.02 Å². The maximum atomic E-state index is 12.5. The van der Waals surface area contributed by atoms with Gasteiger partial charge in [-0.3, -0.25) is 9.59 Å². The molecular formula is C19H21ClN2O4. The molecule has 3 N–H and O–H groups in total. The summed E-state index contributed by atoms with van der Waals surface area (Å²) in [7, 11) is 3.02. The minimum absolute atomic E-state index is 0.337. The summed E-state index contributed by atoms with van der Waals surface area (Å²) in [6, 6.07) is 9.77. The molecule has 0 bridgehead atoms. The van der Waals surface area contributed by atoms with Crippen molar-refractivity contribution in [2.24, 2.45) is 5.73 Å². The third-order valence-electron chi connectivity index (χ3n) is 4.16. The topological polar surface area (TPSA) is 90.6 Å². The van der Waals surface area contributed by atoms with Crippen molar-refractivity contribution in [3.05, 3.63) is 52.5 Å². The maximum Gasteiger partial charge on any atom is 0.255 e. The SMILES string of the molecule is COc1ccc(C(=O)Nc2ccc(Cl)c(C(C)(C)C(N)=O)c2)cc1OC. The Labute approximate surface area is 157 Å². The number of nitrogens with one attached hydrogen (secondary N) is 1. The molecule has 0 fully saturated rings. The smallest absolute Gasteiger partial charge is 0.255 e. The number of amides is 2. The monoisotopic (exact) mass is 376 g/mol. The van der Waals surface area contributed by atoms with Gasteiger partial charge in [-0.2, -0.15) is 0 Å². The number of ether oxygens (including phenoxy) is 2. The quantitative estimate of drug-likeness (QED) is 0.808. The van der Waals surface area contributed by atoms with Crippen molar-refractivity contribution >= 4 is 29.1 Å². The number of anilines is 1. The number of halogens is 1. The van der Waals surface area contributed by atoms with Gasteiger partial charge in [0.1, 0.15) is 0 Å². The third-order valence-corrected chi connectivity index (χ3v) is 4.49. The minimum atomic E-state index is -0.971. The first kappa shape index (κ1) is 19.6. The molecule has 2 amide bonds. The lowest BCUT2D eigenvalue weighted by Gasteiger charge is -2.23. The number of rotatable bonds is 6. The fourth-order valence-electron chi connectivity index (χ4n) is 2.40. The van der Waals surface area contributed by atoms with Gasteiger partial charge < -0.3 is 20.5 Å². The molecule has 0 saturated carbocycles. The second kappa shape index (κ2) is 7.66. The van der Waals surface area contributed by atoms with Crippen LogP contribution in [0.5, 0.6) is 11.5 Å². The Balaban J connectivity index is 2.31. The van der Waals surface area contributed by atoms with Crippen molar-refractivity contribution < 1.29 is 19.1 Å². The lowest BCUT2D eigenvalue weighted by molar-refractivity contribution is -0.122. The van der Waals surface area contributed by atoms with Crippen LogP contribution in [-0.4, -0.2) is 26.0 Å². The molecule has 0 aromatic heterocycles. The van der Waals surface area contributed by atoms with Gasteiger partial charge in [-0.15, -0.1) is 0 Å². The molecule has 138 valence electrons. The second-order valence-electron chi connectivity index (χ2n) is 6.21. The fourth-order valence-corrected chi connectivity index (χ4v) is 2.75. The van der Waals surface area contributed by atoms with Crippen LogP contribution < -0.4 is 20.5 Å². The summed E-state index contributed by atoms with van der Waals surface area (Å²) in [4.78, 5) is 24.2. The zero-order valence-corrected chi connectivity index (χ0v) is 15.8. The molecule has 0 saturated heterocycles. The van der Waals surface area contributed by atoms with Crippen LogP contribution in [0.15, 0.2) is 36.4 Å². The van der Waals surface area contributed by atoms with Crippen LogP contribution in [0, 0.1) is 0 Å². The molecule has 2 aromatic rings. The number of methoxy groups -OCH3 is 2. The molecule has 0 aliphatic carbocycles. The Bertz CT molecular complexity index is 849. The summed E-state index contributed by atoms with van der Waals surface area (Å²) < 4.78 is 10.4. The van der Waals surface area contributed by atoms with Gasteiger partial charge in [-0.25, -0.2) is 0 Å². The molecule has 0 radical (unpaired) electrons. The van der Waals surface area contributed by atoms with Crippen molar-refractivity contribution in [3.8, 4) is 11.5 Å². The van der Waals surface area contributed by atoms with Gasteiger partial charge in [0.25, 0.3) is 5.91 Å². The number of nitrogens with two attached hydrogens (primary N) is 1. The fraction of sp³-hybridized carbons (Fsp3) is 0.263. The van der Waals surface area contributed by atoms with E-state index >= 15 is 0 Å². The summed E-state index contributed by atoms with van der Waals surface area (Å²) in [5.74, 6) is 0.131. The van der Waals surface area contributed by atoms with E-state index < -0.39 is 11.3 Å². The van der Waals surface area contributed by atoms with Gasteiger partial charge >= 0.3 is 0 Å². The van der Waals surface area contributed by atoms with E-state index in [0.717, 1.165) is 0 Å². The molecule has 0 spiro atoms. The van der Waals surface area contributed by atoms with Crippen LogP contribution in [0.3, 0.4) is 0 Å². The van der Waals surface area contributed by atoms with Gasteiger partial charge in [0, 0.05) is 16.3 Å². The number of primary amides is 1. The van der Waals surface area contributed by atoms with Gasteiger partial charge in [-0.1, -0.05) is 11.6 Å². The summed E-state index contributed by atoms with van der Waals surface area (Å²) >= 11 is 6.20. The van der Waals surface area contributed by atoms with Crippen LogP contribution in [0.25, 0.3) is 0 Å². The van der Waals surface area contributed by atoms with E-state index in [-0.39, 0.29) is 5.91 Å². The Morgan fingerprint density at radius 2 is 1.69 bits per heavy atom. The molecule has 7 heteroatoms. The molecule has 0 atom stereocenters. The highest BCUT2D eigenvalue weighted by atomic mass is 35.5. The lowest BCUT2D eigenvalue weighted by atomic mass is 9.83. The summed E-state index contributed by atoms with van der Waals surface area (Å²) in [6.07, 6.45) is 0. The Kier molecular flexibility index (Phi) is 5.77. The first-order valence-corrected chi connectivity index (χ1v) is 8.21. The van der Waals surface area contributed by atoms with E-state index in [1.165, 1.54) is 14.2 Å². The second-order valence-corrected chi connectivity index (χ2v) is 6.61. The molecule has 26 heavy (non-hydrogen) atoms. The van der Waals surface area contributed by atoms with Crippen LogP contribution in [0.1, 0.15) is 29.8 Å². The van der Waals surface area contributed by atoms with E-state index in [1.807, 2.05) is 0 Å². The van der Waals surface area contributed by atoms with Gasteiger partial charge in [-0.05, 0) is 55.8 Å². The van der Waals surface area contributed by atoms with Crippen molar-refractivity contribution in [1.82, 2.24) is 0 Å². The largest absolute Gasteiger partial charge is 0.493 e. The summed E-state index contributed by atoms with van der Waals surface area (Å²) in [5, 5.41) is 3.18. The van der Waals surface area contributed by atoms with Gasteiger partial charge in [0.15, 0.2) is 11.5 Å². The Morgan fingerprint density at radius 3 is 2.27 bits per heavy atom. The molecule has 6 nitrogen and oxygen atoms in total. The molecule has 2 rings (SSSR count). The third kappa shape index (κ3) is 3.91. The minimum Gasteiger partial charge on any atom is -0.493 e. The molecule has 0 aliphatic heterocycles. The van der Waals surface area contributed by atoms with E-state index in [1.54, 1.807) is 50.2 Å². The maximum absolute atomic E-state index is 12.5. The lowest BCUT2D eigenvalue weighted by Crippen LogP contribution is -2.35. The number of hydrogen-bond acceptors (Lipinski definition) is 4. The average Bonchev–Trinajstić information content (AvgIpc) is 2.62.